The Morgan fingerprint density at radius 1 is 0.800 bits per heavy atom. The molecule has 30 heavy (non-hydrogen) atoms. The minimum atomic E-state index is -3.62. The SMILES string of the molecule is O=S(=O)(NCCNc1ccc(Nc2cccnc2)nn1)c1cccc2ccccc12. The molecule has 0 atom stereocenters. The standard InChI is InChI=1S/C21H20N6O2S/c28-30(29,19-9-3-6-16-5-1-2-8-18(16)19)24-14-13-23-20-10-11-21(27-26-20)25-17-7-4-12-22-15-17/h1-12,15,24H,13-14H2,(H,23,26)(H,25,27). The first kappa shape index (κ1) is 19.7. The van der Waals surface area contributed by atoms with Crippen molar-refractivity contribution >= 4 is 38.1 Å². The van der Waals surface area contributed by atoms with Crippen LogP contribution in [0.15, 0.2) is 84.0 Å². The number of nitrogens with zero attached hydrogens (tertiary/aromatic N) is 3. The molecule has 0 saturated heterocycles. The summed E-state index contributed by atoms with van der Waals surface area (Å²) in [5.41, 5.74) is 0.815. The van der Waals surface area contributed by atoms with Gasteiger partial charge in [0.15, 0.2) is 5.82 Å². The van der Waals surface area contributed by atoms with Crippen LogP contribution in [0.25, 0.3) is 10.8 Å². The van der Waals surface area contributed by atoms with E-state index in [1.165, 1.54) is 0 Å². The maximum Gasteiger partial charge on any atom is 0.241 e. The van der Waals surface area contributed by atoms with Crippen molar-refractivity contribution in [3.05, 3.63) is 79.1 Å². The van der Waals surface area contributed by atoms with Gasteiger partial charge in [0.25, 0.3) is 0 Å². The van der Waals surface area contributed by atoms with Gasteiger partial charge >= 0.3 is 0 Å². The van der Waals surface area contributed by atoms with Gasteiger partial charge in [0, 0.05) is 24.7 Å². The van der Waals surface area contributed by atoms with Gasteiger partial charge in [-0.15, -0.1) is 10.2 Å². The van der Waals surface area contributed by atoms with E-state index in [1.54, 1.807) is 42.7 Å². The van der Waals surface area contributed by atoms with E-state index in [9.17, 15) is 8.42 Å². The second-order valence-electron chi connectivity index (χ2n) is 6.47. The highest BCUT2D eigenvalue weighted by Gasteiger charge is 2.16. The minimum absolute atomic E-state index is 0.211. The number of hydrogen-bond donors (Lipinski definition) is 3. The molecular weight excluding hydrogens is 400 g/mol. The second kappa shape index (κ2) is 8.85. The fraction of sp³-hybridized carbons (Fsp3) is 0.0952. The number of hydrogen-bond acceptors (Lipinski definition) is 7. The van der Waals surface area contributed by atoms with Gasteiger partial charge in [0.2, 0.25) is 10.0 Å². The summed E-state index contributed by atoms with van der Waals surface area (Å²) >= 11 is 0. The minimum Gasteiger partial charge on any atom is -0.367 e. The molecule has 0 aliphatic carbocycles. The molecule has 2 aromatic carbocycles. The lowest BCUT2D eigenvalue weighted by atomic mass is 10.1. The van der Waals surface area contributed by atoms with Crippen LogP contribution < -0.4 is 15.4 Å². The molecule has 0 fully saturated rings. The van der Waals surface area contributed by atoms with E-state index < -0.39 is 10.0 Å². The molecule has 4 rings (SSSR count). The van der Waals surface area contributed by atoms with Crippen molar-refractivity contribution in [1.29, 1.82) is 0 Å². The van der Waals surface area contributed by atoms with E-state index in [0.29, 0.717) is 23.6 Å². The third kappa shape index (κ3) is 4.70. The number of fused-ring (bicyclic) bond motifs is 1. The highest BCUT2D eigenvalue weighted by atomic mass is 32.2. The van der Waals surface area contributed by atoms with Gasteiger partial charge < -0.3 is 10.6 Å². The van der Waals surface area contributed by atoms with Crippen LogP contribution in [0.3, 0.4) is 0 Å². The summed E-state index contributed by atoms with van der Waals surface area (Å²) in [6.45, 7) is 0.580. The summed E-state index contributed by atoms with van der Waals surface area (Å²) in [5, 5.41) is 15.9. The molecular formula is C21H20N6O2S. The number of aromatic nitrogens is 3. The van der Waals surface area contributed by atoms with Crippen LogP contribution in [-0.2, 0) is 10.0 Å². The lowest BCUT2D eigenvalue weighted by Gasteiger charge is -2.10. The van der Waals surface area contributed by atoms with Crippen molar-refractivity contribution in [2.75, 3.05) is 23.7 Å². The lowest BCUT2D eigenvalue weighted by Crippen LogP contribution is -2.29. The summed E-state index contributed by atoms with van der Waals surface area (Å²) < 4.78 is 28.0. The maximum absolute atomic E-state index is 12.7. The van der Waals surface area contributed by atoms with E-state index in [4.69, 9.17) is 0 Å². The molecule has 9 heteroatoms. The number of nitrogens with one attached hydrogen (secondary N) is 3. The quantitative estimate of drug-likeness (QED) is 0.376. The molecule has 2 heterocycles. The molecule has 0 unspecified atom stereocenters. The molecule has 0 amide bonds. The highest BCUT2D eigenvalue weighted by Crippen LogP contribution is 2.22. The molecule has 8 nitrogen and oxygen atoms in total. The average molecular weight is 420 g/mol. The van der Waals surface area contributed by atoms with Crippen LogP contribution in [0.5, 0.6) is 0 Å². The fourth-order valence-electron chi connectivity index (χ4n) is 2.96. The van der Waals surface area contributed by atoms with Crippen molar-refractivity contribution < 1.29 is 8.42 Å². The molecule has 3 N–H and O–H groups in total. The topological polar surface area (TPSA) is 109 Å². The third-order valence-electron chi connectivity index (χ3n) is 4.36. The van der Waals surface area contributed by atoms with Crippen molar-refractivity contribution in [2.45, 2.75) is 4.90 Å². The molecule has 0 aliphatic rings. The Bertz CT molecular complexity index is 1230. The number of anilines is 3. The molecule has 0 saturated carbocycles. The van der Waals surface area contributed by atoms with Crippen LogP contribution >= 0.6 is 0 Å². The van der Waals surface area contributed by atoms with E-state index in [2.05, 4.69) is 30.5 Å². The van der Waals surface area contributed by atoms with Crippen molar-refractivity contribution in [2.24, 2.45) is 0 Å². The Morgan fingerprint density at radius 3 is 2.40 bits per heavy atom. The van der Waals surface area contributed by atoms with Crippen LogP contribution in [0.4, 0.5) is 17.3 Å². The number of benzene rings is 2. The normalized spacial score (nSPS) is 11.3. The van der Waals surface area contributed by atoms with E-state index in [0.717, 1.165) is 11.1 Å². The largest absolute Gasteiger partial charge is 0.367 e. The molecule has 0 spiro atoms. The Labute approximate surface area is 174 Å². The summed E-state index contributed by atoms with van der Waals surface area (Å²) in [6.07, 6.45) is 3.38. The number of pyridine rings is 1. The molecule has 4 aromatic rings. The van der Waals surface area contributed by atoms with Gasteiger partial charge in [-0.05, 0) is 35.7 Å². The summed E-state index contributed by atoms with van der Waals surface area (Å²) in [7, 11) is -3.62. The van der Waals surface area contributed by atoms with Gasteiger partial charge in [0.05, 0.1) is 16.8 Å². The van der Waals surface area contributed by atoms with Crippen LogP contribution in [-0.4, -0.2) is 36.7 Å². The maximum atomic E-state index is 12.7. The van der Waals surface area contributed by atoms with Crippen LogP contribution in [0.1, 0.15) is 0 Å². The zero-order chi connectivity index (χ0) is 20.8. The van der Waals surface area contributed by atoms with Crippen LogP contribution in [0.2, 0.25) is 0 Å². The van der Waals surface area contributed by atoms with E-state index in [-0.39, 0.29) is 11.4 Å². The first-order valence-electron chi connectivity index (χ1n) is 9.34. The smallest absolute Gasteiger partial charge is 0.241 e. The van der Waals surface area contributed by atoms with Gasteiger partial charge in [-0.25, -0.2) is 13.1 Å². The Kier molecular flexibility index (Phi) is 5.82. The predicted molar refractivity (Wildman–Crippen MR) is 117 cm³/mol. The first-order valence-corrected chi connectivity index (χ1v) is 10.8. The van der Waals surface area contributed by atoms with Crippen LogP contribution in [0, 0.1) is 0 Å². The molecule has 2 aromatic heterocycles. The third-order valence-corrected chi connectivity index (χ3v) is 5.88. The van der Waals surface area contributed by atoms with E-state index >= 15 is 0 Å². The second-order valence-corrected chi connectivity index (χ2v) is 8.21. The number of sulfonamides is 1. The zero-order valence-electron chi connectivity index (χ0n) is 16.0. The van der Waals surface area contributed by atoms with E-state index in [1.807, 2.05) is 36.4 Å². The first-order chi connectivity index (χ1) is 14.6. The summed E-state index contributed by atoms with van der Waals surface area (Å²) in [5.74, 6) is 1.14. The van der Waals surface area contributed by atoms with Crippen molar-refractivity contribution in [3.8, 4) is 0 Å². The zero-order valence-corrected chi connectivity index (χ0v) is 16.8. The lowest BCUT2D eigenvalue weighted by molar-refractivity contribution is 0.584. The highest BCUT2D eigenvalue weighted by molar-refractivity contribution is 7.89. The van der Waals surface area contributed by atoms with Gasteiger partial charge in [-0.3, -0.25) is 4.98 Å². The molecule has 0 aliphatic heterocycles. The van der Waals surface area contributed by atoms with Gasteiger partial charge in [0.1, 0.15) is 5.82 Å². The Balaban J connectivity index is 1.32. The summed E-state index contributed by atoms with van der Waals surface area (Å²) in [4.78, 5) is 4.30. The summed E-state index contributed by atoms with van der Waals surface area (Å²) in [6, 6.07) is 19.9. The molecule has 0 radical (unpaired) electrons. The average Bonchev–Trinajstić information content (AvgIpc) is 2.78. The van der Waals surface area contributed by atoms with Crippen molar-refractivity contribution in [1.82, 2.24) is 19.9 Å². The Hall–Kier alpha value is -3.56. The predicted octanol–water partition coefficient (Wildman–Crippen LogP) is 3.16. The van der Waals surface area contributed by atoms with Gasteiger partial charge in [-0.2, -0.15) is 0 Å². The molecule has 0 bridgehead atoms. The molecule has 152 valence electrons. The van der Waals surface area contributed by atoms with Gasteiger partial charge in [-0.1, -0.05) is 36.4 Å². The fourth-order valence-corrected chi connectivity index (χ4v) is 4.22. The number of rotatable bonds is 8. The van der Waals surface area contributed by atoms with Crippen molar-refractivity contribution in [3.63, 3.8) is 0 Å². The Morgan fingerprint density at radius 2 is 1.60 bits per heavy atom. The monoisotopic (exact) mass is 420 g/mol.